The smallest absolute Gasteiger partial charge is 0.253 e. The van der Waals surface area contributed by atoms with Gasteiger partial charge in [-0.05, 0) is 43.2 Å². The average molecular weight is 284 g/mol. The number of pyridine rings is 1. The van der Waals surface area contributed by atoms with Crippen LogP contribution in [0.2, 0.25) is 0 Å². The van der Waals surface area contributed by atoms with Crippen molar-refractivity contribution in [1.29, 1.82) is 0 Å². The van der Waals surface area contributed by atoms with E-state index < -0.39 is 0 Å². The maximum atomic E-state index is 12.0. The monoisotopic (exact) mass is 284 g/mol. The van der Waals surface area contributed by atoms with Crippen LogP contribution in [0.1, 0.15) is 22.8 Å². The number of hydrogen-bond acceptors (Lipinski definition) is 4. The number of aromatic nitrogens is 1. The van der Waals surface area contributed by atoms with Crippen molar-refractivity contribution in [3.63, 3.8) is 0 Å². The van der Waals surface area contributed by atoms with Crippen LogP contribution in [0.3, 0.4) is 0 Å². The Morgan fingerprint density at radius 1 is 1.33 bits per heavy atom. The first-order valence-electron chi connectivity index (χ1n) is 7.01. The lowest BCUT2D eigenvalue weighted by Crippen LogP contribution is -2.24. The van der Waals surface area contributed by atoms with Crippen LogP contribution < -0.4 is 16.4 Å². The molecule has 2 aromatic rings. The third-order valence-corrected chi connectivity index (χ3v) is 3.08. The number of nitrogens with two attached hydrogens (primary N) is 1. The van der Waals surface area contributed by atoms with Gasteiger partial charge >= 0.3 is 0 Å². The molecule has 1 heterocycles. The predicted octanol–water partition coefficient (Wildman–Crippen LogP) is 2.07. The van der Waals surface area contributed by atoms with Crippen LogP contribution in [-0.2, 0) is 6.42 Å². The number of anilines is 2. The first-order valence-corrected chi connectivity index (χ1v) is 7.01. The summed E-state index contributed by atoms with van der Waals surface area (Å²) in [7, 11) is 0. The molecule has 0 aliphatic carbocycles. The molecule has 0 saturated heterocycles. The maximum absolute atomic E-state index is 12.0. The van der Waals surface area contributed by atoms with Gasteiger partial charge in [0.05, 0.1) is 5.56 Å². The van der Waals surface area contributed by atoms with Crippen LogP contribution in [0.25, 0.3) is 0 Å². The standard InChI is InChI=1S/C16H20N4O/c1-2-19-16(21)14-6-5-13(17)10-15(14)20-9-7-12-4-3-8-18-11-12/h3-6,8,10-11,20H,2,7,9,17H2,1H3,(H,19,21). The van der Waals surface area contributed by atoms with E-state index in [0.29, 0.717) is 24.3 Å². The largest absolute Gasteiger partial charge is 0.399 e. The Hall–Kier alpha value is -2.56. The molecule has 4 N–H and O–H groups in total. The molecular formula is C16H20N4O. The minimum atomic E-state index is -0.0959. The minimum Gasteiger partial charge on any atom is -0.399 e. The van der Waals surface area contributed by atoms with Crippen molar-refractivity contribution in [1.82, 2.24) is 10.3 Å². The summed E-state index contributed by atoms with van der Waals surface area (Å²) in [5, 5.41) is 6.07. The molecule has 0 bridgehead atoms. The quantitative estimate of drug-likeness (QED) is 0.709. The highest BCUT2D eigenvalue weighted by atomic mass is 16.1. The normalized spacial score (nSPS) is 10.1. The zero-order valence-electron chi connectivity index (χ0n) is 12.1. The summed E-state index contributed by atoms with van der Waals surface area (Å²) in [6.07, 6.45) is 4.42. The number of nitrogen functional groups attached to an aromatic ring is 1. The number of benzene rings is 1. The Morgan fingerprint density at radius 2 is 2.19 bits per heavy atom. The van der Waals surface area contributed by atoms with Gasteiger partial charge in [-0.2, -0.15) is 0 Å². The molecule has 110 valence electrons. The van der Waals surface area contributed by atoms with E-state index in [-0.39, 0.29) is 5.91 Å². The number of amides is 1. The van der Waals surface area contributed by atoms with Gasteiger partial charge in [0.25, 0.3) is 5.91 Å². The SMILES string of the molecule is CCNC(=O)c1ccc(N)cc1NCCc1cccnc1. The number of nitrogens with one attached hydrogen (secondary N) is 2. The highest BCUT2D eigenvalue weighted by Crippen LogP contribution is 2.19. The second kappa shape index (κ2) is 7.28. The van der Waals surface area contributed by atoms with Gasteiger partial charge in [0, 0.05) is 36.9 Å². The highest BCUT2D eigenvalue weighted by molar-refractivity contribution is 6.00. The van der Waals surface area contributed by atoms with E-state index in [0.717, 1.165) is 17.7 Å². The zero-order valence-corrected chi connectivity index (χ0v) is 12.1. The fourth-order valence-electron chi connectivity index (χ4n) is 2.05. The van der Waals surface area contributed by atoms with Gasteiger partial charge in [0.15, 0.2) is 0 Å². The lowest BCUT2D eigenvalue weighted by atomic mass is 10.1. The van der Waals surface area contributed by atoms with Crippen molar-refractivity contribution in [2.24, 2.45) is 0 Å². The molecule has 5 heteroatoms. The van der Waals surface area contributed by atoms with Crippen molar-refractivity contribution in [2.75, 3.05) is 24.1 Å². The molecule has 1 aromatic carbocycles. The highest BCUT2D eigenvalue weighted by Gasteiger charge is 2.10. The number of hydrogen-bond donors (Lipinski definition) is 3. The average Bonchev–Trinajstić information content (AvgIpc) is 2.49. The molecule has 1 amide bonds. The van der Waals surface area contributed by atoms with Gasteiger partial charge < -0.3 is 16.4 Å². The minimum absolute atomic E-state index is 0.0959. The molecule has 0 radical (unpaired) electrons. The van der Waals surface area contributed by atoms with Crippen LogP contribution in [0, 0.1) is 0 Å². The van der Waals surface area contributed by atoms with Gasteiger partial charge in [0.1, 0.15) is 0 Å². The summed E-state index contributed by atoms with van der Waals surface area (Å²) < 4.78 is 0. The molecule has 0 atom stereocenters. The van der Waals surface area contributed by atoms with Crippen LogP contribution in [0.4, 0.5) is 11.4 Å². The lowest BCUT2D eigenvalue weighted by Gasteiger charge is -2.12. The van der Waals surface area contributed by atoms with Gasteiger partial charge in [-0.3, -0.25) is 9.78 Å². The molecule has 5 nitrogen and oxygen atoms in total. The third kappa shape index (κ3) is 4.21. The Morgan fingerprint density at radius 3 is 2.90 bits per heavy atom. The fourth-order valence-corrected chi connectivity index (χ4v) is 2.05. The molecule has 0 spiro atoms. The second-order valence-corrected chi connectivity index (χ2v) is 4.70. The molecule has 0 saturated carbocycles. The molecule has 21 heavy (non-hydrogen) atoms. The Balaban J connectivity index is 2.04. The first-order chi connectivity index (χ1) is 10.2. The summed E-state index contributed by atoms with van der Waals surface area (Å²) in [5.41, 5.74) is 8.94. The molecule has 0 unspecified atom stereocenters. The molecular weight excluding hydrogens is 264 g/mol. The predicted molar refractivity (Wildman–Crippen MR) is 85.3 cm³/mol. The molecule has 1 aromatic heterocycles. The van der Waals surface area contributed by atoms with Gasteiger partial charge in [-0.1, -0.05) is 6.07 Å². The van der Waals surface area contributed by atoms with Gasteiger partial charge in [0.2, 0.25) is 0 Å². The van der Waals surface area contributed by atoms with E-state index in [1.165, 1.54) is 0 Å². The lowest BCUT2D eigenvalue weighted by molar-refractivity contribution is 0.0956. The molecule has 0 aliphatic rings. The van der Waals surface area contributed by atoms with Crippen molar-refractivity contribution >= 4 is 17.3 Å². The van der Waals surface area contributed by atoms with E-state index >= 15 is 0 Å². The summed E-state index contributed by atoms with van der Waals surface area (Å²) >= 11 is 0. The zero-order chi connectivity index (χ0) is 15.1. The fraction of sp³-hybridized carbons (Fsp3) is 0.250. The first kappa shape index (κ1) is 14.8. The second-order valence-electron chi connectivity index (χ2n) is 4.70. The summed E-state index contributed by atoms with van der Waals surface area (Å²) in [4.78, 5) is 16.1. The third-order valence-electron chi connectivity index (χ3n) is 3.08. The summed E-state index contributed by atoms with van der Waals surface area (Å²) in [5.74, 6) is -0.0959. The number of carbonyl (C=O) groups excluding carboxylic acids is 1. The van der Waals surface area contributed by atoms with Crippen molar-refractivity contribution in [2.45, 2.75) is 13.3 Å². The Kier molecular flexibility index (Phi) is 5.15. The van der Waals surface area contributed by atoms with E-state index in [1.54, 1.807) is 24.4 Å². The topological polar surface area (TPSA) is 80.0 Å². The summed E-state index contributed by atoms with van der Waals surface area (Å²) in [6.45, 7) is 3.20. The van der Waals surface area contributed by atoms with Crippen molar-refractivity contribution in [3.05, 3.63) is 53.9 Å². The van der Waals surface area contributed by atoms with Crippen LogP contribution in [0.5, 0.6) is 0 Å². The maximum Gasteiger partial charge on any atom is 0.253 e. The van der Waals surface area contributed by atoms with E-state index in [9.17, 15) is 4.79 Å². The number of carbonyl (C=O) groups is 1. The van der Waals surface area contributed by atoms with Crippen LogP contribution in [0.15, 0.2) is 42.7 Å². The molecule has 2 rings (SSSR count). The van der Waals surface area contributed by atoms with Crippen molar-refractivity contribution < 1.29 is 4.79 Å². The van der Waals surface area contributed by atoms with E-state index in [4.69, 9.17) is 5.73 Å². The van der Waals surface area contributed by atoms with Gasteiger partial charge in [-0.15, -0.1) is 0 Å². The molecule has 0 aliphatic heterocycles. The summed E-state index contributed by atoms with van der Waals surface area (Å²) in [6, 6.07) is 9.20. The number of rotatable bonds is 6. The Bertz CT molecular complexity index is 598. The van der Waals surface area contributed by atoms with Crippen molar-refractivity contribution in [3.8, 4) is 0 Å². The van der Waals surface area contributed by atoms with Crippen LogP contribution in [-0.4, -0.2) is 24.0 Å². The Labute approximate surface area is 124 Å². The van der Waals surface area contributed by atoms with E-state index in [2.05, 4.69) is 15.6 Å². The van der Waals surface area contributed by atoms with E-state index in [1.807, 2.05) is 25.3 Å². The van der Waals surface area contributed by atoms with Gasteiger partial charge in [-0.25, -0.2) is 0 Å². The van der Waals surface area contributed by atoms with Crippen LogP contribution >= 0.6 is 0 Å². The number of nitrogens with zero attached hydrogens (tertiary/aromatic N) is 1. The molecule has 0 fully saturated rings.